The molecule has 0 radical (unpaired) electrons. The lowest BCUT2D eigenvalue weighted by molar-refractivity contribution is -0.675. The molecule has 1 unspecified atom stereocenters. The van der Waals surface area contributed by atoms with Crippen molar-refractivity contribution >= 4 is 69.7 Å². The minimum absolute atomic E-state index is 0. The summed E-state index contributed by atoms with van der Waals surface area (Å²) in [7, 11) is -8.32. The van der Waals surface area contributed by atoms with Crippen molar-refractivity contribution in [2.45, 2.75) is 82.1 Å². The maximum absolute atomic E-state index is 13.6. The van der Waals surface area contributed by atoms with E-state index in [1.807, 2.05) is 109 Å². The first-order valence-electron chi connectivity index (χ1n) is 38.8. The molecule has 1 fully saturated rings. The van der Waals surface area contributed by atoms with Crippen LogP contribution in [0.2, 0.25) is 0 Å². The highest BCUT2D eigenvalue weighted by Gasteiger charge is 2.40. The highest BCUT2D eigenvalue weighted by Crippen LogP contribution is 2.26. The van der Waals surface area contributed by atoms with Gasteiger partial charge >= 0.3 is 23.9 Å². The fourth-order valence-electron chi connectivity index (χ4n) is 8.45. The molecule has 1 heterocycles. The van der Waals surface area contributed by atoms with E-state index >= 15 is 0 Å². The third kappa shape index (κ3) is 60.6. The van der Waals surface area contributed by atoms with Crippen molar-refractivity contribution in [3.63, 3.8) is 0 Å². The molecule has 7 rings (SSSR count). The summed E-state index contributed by atoms with van der Waals surface area (Å²) in [6.45, 7) is 10.4. The van der Waals surface area contributed by atoms with Crippen molar-refractivity contribution in [3.05, 3.63) is 216 Å². The van der Waals surface area contributed by atoms with E-state index in [1.54, 1.807) is 26.0 Å². The van der Waals surface area contributed by atoms with E-state index in [0.29, 0.717) is 6.61 Å². The van der Waals surface area contributed by atoms with Gasteiger partial charge in [0, 0.05) is 165 Å². The Balaban J connectivity index is -0.0000000803. The average Bonchev–Trinajstić information content (AvgIpc) is 1.43. The van der Waals surface area contributed by atoms with Crippen molar-refractivity contribution in [1.29, 1.82) is 0 Å². The number of hydrogen-bond acceptors (Lipinski definition) is 30. The third-order valence-corrected chi connectivity index (χ3v) is 18.4. The van der Waals surface area contributed by atoms with Gasteiger partial charge in [0.15, 0.2) is 0 Å². The van der Waals surface area contributed by atoms with E-state index in [4.69, 9.17) is 47.0 Å². The molecular weight excluding hydrogens is 1900 g/mol. The van der Waals surface area contributed by atoms with Gasteiger partial charge in [-0.15, -0.1) is 28.1 Å². The van der Waals surface area contributed by atoms with E-state index in [1.165, 1.54) is 79.7 Å². The Bertz CT molecular complexity index is 7220. The molecule has 0 aromatic heterocycles. The normalized spacial score (nSPS) is 9.62. The van der Waals surface area contributed by atoms with Crippen LogP contribution in [0.15, 0.2) is 192 Å². The lowest BCUT2D eigenvalue weighted by atomic mass is 10.2. The summed E-state index contributed by atoms with van der Waals surface area (Å²) in [5.41, 5.74) is 6.33. The zero-order valence-corrected chi connectivity index (χ0v) is 78.0. The molecule has 4 N–H and O–H groups in total. The van der Waals surface area contributed by atoms with Crippen LogP contribution in [-0.2, 0) is 134 Å². The summed E-state index contributed by atoms with van der Waals surface area (Å²) in [4.78, 5) is 64.8. The molecule has 0 saturated carbocycles. The van der Waals surface area contributed by atoms with E-state index < -0.39 is 56.0 Å². The van der Waals surface area contributed by atoms with Gasteiger partial charge in [-0.1, -0.05) is 171 Å². The highest BCUT2D eigenvalue weighted by atomic mass is 32.2. The van der Waals surface area contributed by atoms with E-state index in [2.05, 4.69) is 382 Å². The summed E-state index contributed by atoms with van der Waals surface area (Å²) in [5.74, 6) is 121. The standard InChI is InChI=1S/C27H27NO7S.C27H27NO6S.2C27H4.H3NO7S.H3NO6S.22H2/c1-20(26(29)34-17-21-9-4-2-5-10-21)28(16-24-19-33-24)36(31,32)25-14-8-13-23(15-25)27(30)35-18-22-11-6-3-7-12-22;1-3-17-28(21(2)26(29)33-19-22-11-6-4-7-12-22)35(31,32)25-16-10-15-24(18-25)27(30)34-20-23-13-8-5-9-14-23;2*1-3-5-7-9-11-13-15-17-19-21-23-25-27-26-24-22-20-18-16-14-12-10-8-6-4-2;2-5-6-3-1-4-7-8-9;2-5-3-1-4-6-7-8;;;;;;;;;;;;;;;;;;;;;;/h2-15,20,24H,16-19H2,1H3;3-16,18,21H,1,17,19-20H2,2H3;2*1H,2H3;1-2,9H;1-2,8H;22*1H/t20-,24?;21-;;;;;;;;;;;;;;;;;;;;;;;;;;/m11........................../s1. The summed E-state index contributed by atoms with van der Waals surface area (Å²) in [5, 5.41) is 31.2. The van der Waals surface area contributed by atoms with Crippen LogP contribution in [0.5, 0.6) is 0 Å². The van der Waals surface area contributed by atoms with Gasteiger partial charge in [-0.25, -0.2) is 36.9 Å². The maximum atomic E-state index is 13.6. The fourth-order valence-corrected chi connectivity index (χ4v) is 11.8. The number of benzene rings is 6. The van der Waals surface area contributed by atoms with Crippen LogP contribution in [0.25, 0.3) is 0 Å². The van der Waals surface area contributed by atoms with Gasteiger partial charge in [-0.3, -0.25) is 9.59 Å². The Morgan fingerprint density at radius 2 is 0.655 bits per heavy atom. The molecule has 3 atom stereocenters. The molecule has 1 aliphatic rings. The molecule has 0 amide bonds. The Morgan fingerprint density at radius 3 is 0.915 bits per heavy atom. The van der Waals surface area contributed by atoms with Crippen LogP contribution < -0.4 is 11.3 Å². The number of terminal acetylenes is 2. The van der Waals surface area contributed by atoms with Crippen molar-refractivity contribution in [1.82, 2.24) is 19.9 Å². The molecule has 0 bridgehead atoms. The van der Waals surface area contributed by atoms with Crippen molar-refractivity contribution < 1.29 is 155 Å². The molecule has 34 heteroatoms. The van der Waals surface area contributed by atoms with Gasteiger partial charge in [0.1, 0.15) is 38.5 Å². The monoisotopic (exact) mass is 2010 g/mol. The second-order valence-corrected chi connectivity index (χ2v) is 27.7. The third-order valence-electron chi connectivity index (χ3n) is 14.4. The Morgan fingerprint density at radius 1 is 0.394 bits per heavy atom. The van der Waals surface area contributed by atoms with Crippen molar-refractivity contribution in [2.75, 3.05) is 19.7 Å². The lowest BCUT2D eigenvalue weighted by Gasteiger charge is -2.26. The van der Waals surface area contributed by atoms with Crippen LogP contribution in [0.3, 0.4) is 0 Å². The Kier molecular flexibility index (Phi) is 68.9. The van der Waals surface area contributed by atoms with Gasteiger partial charge in [-0.05, 0) is 312 Å². The smallest absolute Gasteiger partial charge is 0.338 e. The van der Waals surface area contributed by atoms with Crippen molar-refractivity contribution in [3.8, 4) is 309 Å². The number of carbonyl (C=O) groups is 4. The quantitative estimate of drug-likeness (QED) is 0.00213. The van der Waals surface area contributed by atoms with Crippen molar-refractivity contribution in [2.24, 2.45) is 0 Å². The maximum Gasteiger partial charge on any atom is 0.338 e. The predicted octanol–water partition coefficient (Wildman–Crippen LogP) is 13.7. The number of epoxide rings is 1. The van der Waals surface area contributed by atoms with Crippen LogP contribution in [0.4, 0.5) is 0 Å². The SMILES string of the molecule is C#CC#CC#CC#CC#CC#CC#CC#CC#CC#CC#CC#CC#CC.C#CC#CC#CC#CC#CC#CC#CC#CC#CC#CC#CC#CC#CC.C=CCN([C@H](C)C(=O)OCc1ccccc1)S(=O)(=O)c1cccc(C(=O)OCc2ccccc2)c1.C[C@H](C(=O)OCc1ccccc1)N(CC1CO1)S(=O)(=O)c1cccc(C(=O)OCc2ccccc2)c1.OOONOOOS.OOOONOOOS.[HH].[HH].[HH].[HH].[HH].[HH].[HH].[HH].[HH].[HH].[HH].[HH].[HH].[HH].[HH].[HH].[HH].[HH].[HH].[HH].[HH].[HH]. The van der Waals surface area contributed by atoms with Gasteiger partial charge in [0.25, 0.3) is 0 Å². The number of sulfonamides is 2. The van der Waals surface area contributed by atoms with Crippen LogP contribution in [0, 0.1) is 309 Å². The van der Waals surface area contributed by atoms with Gasteiger partial charge < -0.3 is 23.7 Å². The molecule has 1 aliphatic heterocycles. The molecular formula is C108H112N4O26S4. The van der Waals surface area contributed by atoms with Crippen LogP contribution >= 0.6 is 25.8 Å². The number of nitrogens with one attached hydrogen (secondary N) is 2. The molecule has 6 aromatic carbocycles. The lowest BCUT2D eigenvalue weighted by Crippen LogP contribution is -2.45. The van der Waals surface area contributed by atoms with Crippen LogP contribution in [0.1, 0.15) is 102 Å². The van der Waals surface area contributed by atoms with Gasteiger partial charge in [-0.2, -0.15) is 8.61 Å². The number of thiol groups is 2. The van der Waals surface area contributed by atoms with Gasteiger partial charge in [0.05, 0.1) is 33.6 Å². The number of carbonyl (C=O) groups excluding carboxylic acids is 4. The molecule has 0 spiro atoms. The number of hydrogen-bond donors (Lipinski definition) is 6. The minimum Gasteiger partial charge on any atom is -0.460 e. The first-order chi connectivity index (χ1) is 69.3. The summed E-state index contributed by atoms with van der Waals surface area (Å²) in [6, 6.07) is 45.4. The van der Waals surface area contributed by atoms with E-state index in [-0.39, 0.29) is 97.9 Å². The van der Waals surface area contributed by atoms with E-state index in [9.17, 15) is 36.0 Å². The largest absolute Gasteiger partial charge is 0.460 e. The topological polar surface area (TPSA) is 359 Å². The zero-order chi connectivity index (χ0) is 103. The Labute approximate surface area is 867 Å². The second kappa shape index (κ2) is 81.9. The summed E-state index contributed by atoms with van der Waals surface area (Å²) < 4.78 is 89.8. The number of rotatable bonds is 33. The molecule has 1 saturated heterocycles. The summed E-state index contributed by atoms with van der Waals surface area (Å²) >= 11 is 6.16. The molecule has 6 aromatic rings. The fraction of sp³-hybridized carbons (Fsp3) is 0.130. The minimum atomic E-state index is -4.16. The number of nitrogens with zero attached hydrogens (tertiary/aromatic N) is 2. The molecule has 30 nitrogen and oxygen atoms in total. The first kappa shape index (κ1) is 119. The molecule has 142 heavy (non-hydrogen) atoms. The average molecular weight is 2010 g/mol. The number of ether oxygens (including phenoxy) is 5. The molecule has 0 aliphatic carbocycles. The second-order valence-electron chi connectivity index (χ2n) is 23.7. The van der Waals surface area contributed by atoms with Crippen LogP contribution in [-0.4, -0.2) is 97.7 Å². The van der Waals surface area contributed by atoms with E-state index in [0.717, 1.165) is 30.9 Å². The first-order valence-corrected chi connectivity index (χ1v) is 42.4. The zero-order valence-electron chi connectivity index (χ0n) is 74.6. The Hall–Kier alpha value is -18.6. The summed E-state index contributed by atoms with van der Waals surface area (Å²) in [6.07, 6.45) is 10.9. The van der Waals surface area contributed by atoms with Gasteiger partial charge in [0.2, 0.25) is 20.0 Å². The predicted molar refractivity (Wildman–Crippen MR) is 567 cm³/mol. The highest BCUT2D eigenvalue weighted by molar-refractivity contribution is 7.89. The number of esters is 4. The molecule has 744 valence electrons.